The molecule has 0 amide bonds. The number of thiazole rings is 1. The molecule has 1 aliphatic heterocycles. The van der Waals surface area contributed by atoms with Crippen molar-refractivity contribution in [2.45, 2.75) is 19.3 Å². The maximum absolute atomic E-state index is 6.49. The van der Waals surface area contributed by atoms with Crippen LogP contribution in [0.1, 0.15) is 19.3 Å². The van der Waals surface area contributed by atoms with Gasteiger partial charge in [0, 0.05) is 24.3 Å². The molecule has 5 rings (SSSR count). The fraction of sp³-hybridized carbons (Fsp3) is 0.227. The lowest BCUT2D eigenvalue weighted by molar-refractivity contribution is 0.575. The number of benzene rings is 2. The van der Waals surface area contributed by atoms with Crippen LogP contribution < -0.4 is 4.90 Å². The Labute approximate surface area is 183 Å². The Morgan fingerprint density at radius 1 is 0.897 bits per heavy atom. The fourth-order valence-electron chi connectivity index (χ4n) is 3.78. The number of hydrogen-bond acceptors (Lipinski definition) is 5. The lowest BCUT2D eigenvalue weighted by Crippen LogP contribution is -2.30. The quantitative estimate of drug-likeness (QED) is 0.341. The average molecular weight is 439 g/mol. The van der Waals surface area contributed by atoms with E-state index in [1.54, 1.807) is 11.3 Å². The Balaban J connectivity index is 1.81. The minimum absolute atomic E-state index is 0.640. The SMILES string of the molecule is S=c1sc2c(N3CCCCC3)nc(-c3ccccc3Cl)nc2n1-c1ccccc1. The van der Waals surface area contributed by atoms with E-state index in [-0.39, 0.29) is 0 Å². The van der Waals surface area contributed by atoms with Crippen molar-refractivity contribution in [3.63, 3.8) is 0 Å². The van der Waals surface area contributed by atoms with E-state index >= 15 is 0 Å². The molecule has 0 N–H and O–H groups in total. The molecule has 0 unspecified atom stereocenters. The van der Waals surface area contributed by atoms with Gasteiger partial charge in [0.2, 0.25) is 0 Å². The van der Waals surface area contributed by atoms with Crippen molar-refractivity contribution < 1.29 is 0 Å². The van der Waals surface area contributed by atoms with E-state index in [0.717, 1.165) is 44.5 Å². The monoisotopic (exact) mass is 438 g/mol. The predicted molar refractivity (Wildman–Crippen MR) is 124 cm³/mol. The van der Waals surface area contributed by atoms with Crippen molar-refractivity contribution >= 4 is 51.3 Å². The summed E-state index contributed by atoms with van der Waals surface area (Å²) in [5.41, 5.74) is 2.69. The molecule has 2 aromatic heterocycles. The van der Waals surface area contributed by atoms with Crippen LogP contribution in [0.25, 0.3) is 27.4 Å². The van der Waals surface area contributed by atoms with E-state index in [2.05, 4.69) is 17.0 Å². The van der Waals surface area contributed by atoms with Gasteiger partial charge in [0.05, 0.1) is 5.02 Å². The normalized spacial score (nSPS) is 14.4. The van der Waals surface area contributed by atoms with Crippen molar-refractivity contribution in [3.8, 4) is 17.1 Å². The minimum Gasteiger partial charge on any atom is -0.355 e. The van der Waals surface area contributed by atoms with Gasteiger partial charge in [0.25, 0.3) is 0 Å². The molecule has 0 bridgehead atoms. The van der Waals surface area contributed by atoms with Crippen LogP contribution in [0, 0.1) is 3.95 Å². The van der Waals surface area contributed by atoms with Crippen molar-refractivity contribution in [3.05, 3.63) is 63.6 Å². The first-order valence-corrected chi connectivity index (χ1v) is 11.3. The third-order valence-electron chi connectivity index (χ3n) is 5.20. The van der Waals surface area contributed by atoms with Gasteiger partial charge in [-0.15, -0.1) is 0 Å². The largest absolute Gasteiger partial charge is 0.355 e. The minimum atomic E-state index is 0.640. The third kappa shape index (κ3) is 3.45. The number of aromatic nitrogens is 3. The van der Waals surface area contributed by atoms with Gasteiger partial charge in [0.1, 0.15) is 4.70 Å². The Kier molecular flexibility index (Phi) is 5.08. The van der Waals surface area contributed by atoms with Crippen LogP contribution >= 0.6 is 35.2 Å². The lowest BCUT2D eigenvalue weighted by atomic mass is 10.1. The molecular formula is C22H19ClN4S2. The Hall–Kier alpha value is -2.28. The summed E-state index contributed by atoms with van der Waals surface area (Å²) in [5, 5.41) is 0.650. The summed E-state index contributed by atoms with van der Waals surface area (Å²) in [6, 6.07) is 17.9. The van der Waals surface area contributed by atoms with Crippen molar-refractivity contribution in [2.24, 2.45) is 0 Å². The van der Waals surface area contributed by atoms with Gasteiger partial charge in [-0.1, -0.05) is 53.3 Å². The van der Waals surface area contributed by atoms with E-state index in [1.165, 1.54) is 19.3 Å². The Morgan fingerprint density at radius 3 is 2.38 bits per heavy atom. The second kappa shape index (κ2) is 7.86. The van der Waals surface area contributed by atoms with E-state index in [0.29, 0.717) is 10.8 Å². The number of hydrogen-bond donors (Lipinski definition) is 0. The van der Waals surface area contributed by atoms with E-state index < -0.39 is 0 Å². The van der Waals surface area contributed by atoms with Crippen LogP contribution in [-0.4, -0.2) is 27.6 Å². The van der Waals surface area contributed by atoms with Crippen molar-refractivity contribution in [2.75, 3.05) is 18.0 Å². The smallest absolute Gasteiger partial charge is 0.168 e. The van der Waals surface area contributed by atoms with Gasteiger partial charge in [0.15, 0.2) is 21.2 Å². The summed E-state index contributed by atoms with van der Waals surface area (Å²) < 4.78 is 3.86. The van der Waals surface area contributed by atoms with Crippen LogP contribution in [0.3, 0.4) is 0 Å². The zero-order valence-corrected chi connectivity index (χ0v) is 18.1. The molecular weight excluding hydrogens is 420 g/mol. The molecule has 0 saturated carbocycles. The number of anilines is 1. The van der Waals surface area contributed by atoms with Crippen molar-refractivity contribution in [1.29, 1.82) is 0 Å². The highest BCUT2D eigenvalue weighted by atomic mass is 35.5. The van der Waals surface area contributed by atoms with E-state index in [1.807, 2.05) is 47.0 Å². The summed E-state index contributed by atoms with van der Waals surface area (Å²) >= 11 is 13.8. The molecule has 29 heavy (non-hydrogen) atoms. The van der Waals surface area contributed by atoms with Gasteiger partial charge in [-0.2, -0.15) is 0 Å². The summed E-state index contributed by atoms with van der Waals surface area (Å²) in [7, 11) is 0. The number of rotatable bonds is 3. The van der Waals surface area contributed by atoms with Crippen LogP contribution in [0.5, 0.6) is 0 Å². The zero-order valence-electron chi connectivity index (χ0n) is 15.7. The highest BCUT2D eigenvalue weighted by molar-refractivity contribution is 7.73. The first-order chi connectivity index (χ1) is 14.2. The number of para-hydroxylation sites is 1. The van der Waals surface area contributed by atoms with Crippen LogP contribution in [-0.2, 0) is 0 Å². The standard InChI is InChI=1S/C22H19ClN4S2/c23-17-12-6-5-11-16(17)19-24-20(26-13-7-2-8-14-26)18-21(25-19)27(22(28)29-18)15-9-3-1-4-10-15/h1,3-6,9-12H,2,7-8,13-14H2. The van der Waals surface area contributed by atoms with Crippen LogP contribution in [0.2, 0.25) is 5.02 Å². The molecule has 4 nitrogen and oxygen atoms in total. The molecule has 0 spiro atoms. The third-order valence-corrected chi connectivity index (χ3v) is 6.89. The highest BCUT2D eigenvalue weighted by Crippen LogP contribution is 2.36. The van der Waals surface area contributed by atoms with Crippen LogP contribution in [0.15, 0.2) is 54.6 Å². The highest BCUT2D eigenvalue weighted by Gasteiger charge is 2.22. The first kappa shape index (κ1) is 18.7. The molecule has 4 aromatic rings. The number of halogens is 1. The molecule has 3 heterocycles. The molecule has 0 aliphatic carbocycles. The molecule has 2 aromatic carbocycles. The van der Waals surface area contributed by atoms with Gasteiger partial charge >= 0.3 is 0 Å². The van der Waals surface area contributed by atoms with E-state index in [4.69, 9.17) is 33.8 Å². The van der Waals surface area contributed by atoms with Crippen LogP contribution in [0.4, 0.5) is 5.82 Å². The van der Waals surface area contributed by atoms with Gasteiger partial charge in [-0.3, -0.25) is 4.57 Å². The number of fused-ring (bicyclic) bond motifs is 1. The molecule has 7 heteroatoms. The molecule has 1 aliphatic rings. The Bertz CT molecular complexity index is 1230. The van der Waals surface area contributed by atoms with Gasteiger partial charge in [-0.05, 0) is 55.7 Å². The number of piperidine rings is 1. The molecule has 146 valence electrons. The molecule has 0 radical (unpaired) electrons. The lowest BCUT2D eigenvalue weighted by Gasteiger charge is -2.28. The second-order valence-electron chi connectivity index (χ2n) is 7.09. The maximum Gasteiger partial charge on any atom is 0.168 e. The fourth-order valence-corrected chi connectivity index (χ4v) is 5.39. The number of nitrogens with zero attached hydrogens (tertiary/aromatic N) is 4. The van der Waals surface area contributed by atoms with Gasteiger partial charge < -0.3 is 4.90 Å². The second-order valence-corrected chi connectivity index (χ2v) is 9.14. The zero-order chi connectivity index (χ0) is 19.8. The summed E-state index contributed by atoms with van der Waals surface area (Å²) in [6.45, 7) is 2.01. The average Bonchev–Trinajstić information content (AvgIpc) is 3.10. The topological polar surface area (TPSA) is 34.0 Å². The summed E-state index contributed by atoms with van der Waals surface area (Å²) in [6.07, 6.45) is 3.62. The van der Waals surface area contributed by atoms with E-state index in [9.17, 15) is 0 Å². The molecule has 1 saturated heterocycles. The summed E-state index contributed by atoms with van der Waals surface area (Å²) in [4.78, 5) is 12.3. The molecule has 0 atom stereocenters. The maximum atomic E-state index is 6.49. The van der Waals surface area contributed by atoms with Crippen molar-refractivity contribution in [1.82, 2.24) is 14.5 Å². The Morgan fingerprint density at radius 2 is 1.62 bits per heavy atom. The van der Waals surface area contributed by atoms with Gasteiger partial charge in [-0.25, -0.2) is 9.97 Å². The first-order valence-electron chi connectivity index (χ1n) is 9.71. The molecule has 1 fully saturated rings. The predicted octanol–water partition coefficient (Wildman–Crippen LogP) is 6.52. The summed E-state index contributed by atoms with van der Waals surface area (Å²) in [5.74, 6) is 1.61.